The molecule has 0 bridgehead atoms. The van der Waals surface area contributed by atoms with Crippen molar-refractivity contribution >= 4 is 32.8 Å². The zero-order chi connectivity index (χ0) is 19.3. The van der Waals surface area contributed by atoms with Crippen molar-refractivity contribution in [3.05, 3.63) is 28.3 Å². The number of aliphatic hydroxyl groups excluding tert-OH is 1. The number of sulfone groups is 1. The number of carbonyl (C=O) groups excluding carboxylic acids is 1. The van der Waals surface area contributed by atoms with E-state index in [1.54, 1.807) is 7.05 Å². The summed E-state index contributed by atoms with van der Waals surface area (Å²) < 4.78 is 23.1. The highest BCUT2D eigenvalue weighted by molar-refractivity contribution is 7.91. The van der Waals surface area contributed by atoms with E-state index in [2.05, 4.69) is 10.6 Å². The average Bonchev–Trinajstić information content (AvgIpc) is 2.97. The van der Waals surface area contributed by atoms with Gasteiger partial charge in [0.2, 0.25) is 5.91 Å². The molecule has 1 aromatic rings. The molecule has 3 N–H and O–H groups in total. The van der Waals surface area contributed by atoms with Crippen LogP contribution in [0.25, 0.3) is 0 Å². The van der Waals surface area contributed by atoms with E-state index in [-0.39, 0.29) is 48.8 Å². The van der Waals surface area contributed by atoms with E-state index >= 15 is 0 Å². The Hall–Kier alpha value is -2.40. The smallest absolute Gasteiger partial charge is 0.271 e. The van der Waals surface area contributed by atoms with Crippen LogP contribution in [0.15, 0.2) is 18.2 Å². The molecular weight excluding hydrogens is 364 g/mol. The second kappa shape index (κ2) is 8.32. The Labute approximate surface area is 151 Å². The van der Waals surface area contributed by atoms with Crippen LogP contribution in [-0.4, -0.2) is 73.5 Å². The van der Waals surface area contributed by atoms with E-state index in [0.717, 1.165) is 0 Å². The van der Waals surface area contributed by atoms with Crippen molar-refractivity contribution in [1.82, 2.24) is 4.90 Å². The van der Waals surface area contributed by atoms with E-state index in [9.17, 15) is 23.3 Å². The number of aliphatic hydroxyl groups is 1. The van der Waals surface area contributed by atoms with Gasteiger partial charge in [0.15, 0.2) is 9.84 Å². The molecule has 0 aliphatic carbocycles. The molecule has 1 atom stereocenters. The van der Waals surface area contributed by atoms with Crippen LogP contribution in [0, 0.1) is 10.1 Å². The molecule has 26 heavy (non-hydrogen) atoms. The largest absolute Gasteiger partial charge is 0.395 e. The normalized spacial score (nSPS) is 18.3. The van der Waals surface area contributed by atoms with Gasteiger partial charge in [-0.25, -0.2) is 8.42 Å². The Morgan fingerprint density at radius 2 is 2.12 bits per heavy atom. The molecule has 0 aromatic heterocycles. The van der Waals surface area contributed by atoms with Crippen LogP contribution in [0.1, 0.15) is 6.42 Å². The van der Waals surface area contributed by atoms with Gasteiger partial charge in [-0.15, -0.1) is 0 Å². The van der Waals surface area contributed by atoms with Crippen molar-refractivity contribution in [2.24, 2.45) is 0 Å². The van der Waals surface area contributed by atoms with Crippen molar-refractivity contribution in [3.8, 4) is 0 Å². The zero-order valence-electron chi connectivity index (χ0n) is 14.3. The molecule has 0 spiro atoms. The Morgan fingerprint density at radius 1 is 1.38 bits per heavy atom. The van der Waals surface area contributed by atoms with Crippen LogP contribution in [-0.2, 0) is 14.6 Å². The minimum atomic E-state index is -3.10. The SMILES string of the molecule is CN(C(=O)CNc1cc([N+](=O)[O-])ccc1NCCO)C1CCS(=O)(=O)C1. The first-order chi connectivity index (χ1) is 12.2. The summed E-state index contributed by atoms with van der Waals surface area (Å²) in [5, 5.41) is 25.6. The summed E-state index contributed by atoms with van der Waals surface area (Å²) in [5.74, 6) is -0.287. The summed E-state index contributed by atoms with van der Waals surface area (Å²) >= 11 is 0. The Kier molecular flexibility index (Phi) is 6.37. The number of nitro groups is 1. The number of nitrogens with zero attached hydrogens (tertiary/aromatic N) is 2. The second-order valence-electron chi connectivity index (χ2n) is 6.05. The first-order valence-corrected chi connectivity index (χ1v) is 9.89. The predicted molar refractivity (Wildman–Crippen MR) is 97.0 cm³/mol. The molecule has 1 aromatic carbocycles. The number of non-ortho nitro benzene ring substituents is 1. The molecule has 10 nitrogen and oxygen atoms in total. The van der Waals surface area contributed by atoms with Gasteiger partial charge in [0, 0.05) is 31.8 Å². The van der Waals surface area contributed by atoms with Crippen LogP contribution in [0.2, 0.25) is 0 Å². The third-order valence-electron chi connectivity index (χ3n) is 4.22. The quantitative estimate of drug-likeness (QED) is 0.420. The van der Waals surface area contributed by atoms with E-state index in [1.807, 2.05) is 0 Å². The molecular formula is C15H22N4O6S. The number of hydrogen-bond acceptors (Lipinski definition) is 8. The van der Waals surface area contributed by atoms with Gasteiger partial charge in [0.25, 0.3) is 5.69 Å². The lowest BCUT2D eigenvalue weighted by atomic mass is 10.2. The van der Waals surface area contributed by atoms with Gasteiger partial charge in [0.1, 0.15) is 0 Å². The third-order valence-corrected chi connectivity index (χ3v) is 5.97. The van der Waals surface area contributed by atoms with Crippen molar-refractivity contribution < 1.29 is 23.2 Å². The Balaban J connectivity index is 2.05. The standard InChI is InChI=1S/C15H22N4O6S/c1-18(12-4-7-26(24,25)10-12)15(21)9-17-14-8-11(19(22)23)2-3-13(14)16-5-6-20/h2-3,8,12,16-17,20H,4-7,9-10H2,1H3. The minimum absolute atomic E-state index is 0.0463. The van der Waals surface area contributed by atoms with Crippen LogP contribution < -0.4 is 10.6 Å². The highest BCUT2D eigenvalue weighted by Gasteiger charge is 2.32. The van der Waals surface area contributed by atoms with Gasteiger partial charge >= 0.3 is 0 Å². The van der Waals surface area contributed by atoms with Crippen LogP contribution in [0.3, 0.4) is 0 Å². The van der Waals surface area contributed by atoms with Crippen LogP contribution >= 0.6 is 0 Å². The lowest BCUT2D eigenvalue weighted by Crippen LogP contribution is -2.41. The number of likely N-dealkylation sites (N-methyl/N-ethyl adjacent to an activating group) is 1. The molecule has 144 valence electrons. The van der Waals surface area contributed by atoms with Gasteiger partial charge < -0.3 is 20.6 Å². The van der Waals surface area contributed by atoms with Gasteiger partial charge in [-0.1, -0.05) is 0 Å². The van der Waals surface area contributed by atoms with Crippen LogP contribution in [0.5, 0.6) is 0 Å². The van der Waals surface area contributed by atoms with Gasteiger partial charge in [-0.3, -0.25) is 14.9 Å². The van der Waals surface area contributed by atoms with Gasteiger partial charge in [0.05, 0.1) is 41.0 Å². The van der Waals surface area contributed by atoms with E-state index in [1.165, 1.54) is 23.1 Å². The second-order valence-corrected chi connectivity index (χ2v) is 8.28. The third kappa shape index (κ3) is 5.05. The topological polar surface area (TPSA) is 142 Å². The highest BCUT2D eigenvalue weighted by atomic mass is 32.2. The summed E-state index contributed by atoms with van der Waals surface area (Å²) in [6.07, 6.45) is 0.407. The molecule has 1 unspecified atom stereocenters. The summed E-state index contributed by atoms with van der Waals surface area (Å²) in [4.78, 5) is 24.1. The molecule has 0 radical (unpaired) electrons. The molecule has 1 fully saturated rings. The van der Waals surface area contributed by atoms with Crippen molar-refractivity contribution in [2.75, 3.05) is 48.9 Å². The average molecular weight is 386 g/mol. The first-order valence-electron chi connectivity index (χ1n) is 8.06. The molecule has 1 aliphatic heterocycles. The van der Waals surface area contributed by atoms with Crippen molar-refractivity contribution in [1.29, 1.82) is 0 Å². The summed E-state index contributed by atoms with van der Waals surface area (Å²) in [7, 11) is -1.55. The Morgan fingerprint density at radius 3 is 2.69 bits per heavy atom. The maximum absolute atomic E-state index is 12.3. The molecule has 0 saturated carbocycles. The van der Waals surface area contributed by atoms with E-state index in [0.29, 0.717) is 17.8 Å². The fourth-order valence-electron chi connectivity index (χ4n) is 2.72. The number of benzene rings is 1. The summed E-state index contributed by atoms with van der Waals surface area (Å²) in [6, 6.07) is 3.76. The van der Waals surface area contributed by atoms with Crippen LogP contribution in [0.4, 0.5) is 17.1 Å². The molecule has 2 rings (SSSR count). The number of hydrogen-bond donors (Lipinski definition) is 3. The van der Waals surface area contributed by atoms with Gasteiger partial charge in [-0.2, -0.15) is 0 Å². The fourth-order valence-corrected chi connectivity index (χ4v) is 4.49. The van der Waals surface area contributed by atoms with E-state index < -0.39 is 14.8 Å². The van der Waals surface area contributed by atoms with E-state index in [4.69, 9.17) is 5.11 Å². The number of anilines is 2. The molecule has 1 aliphatic rings. The number of amides is 1. The highest BCUT2D eigenvalue weighted by Crippen LogP contribution is 2.27. The zero-order valence-corrected chi connectivity index (χ0v) is 15.2. The number of carbonyl (C=O) groups is 1. The van der Waals surface area contributed by atoms with Crippen molar-refractivity contribution in [3.63, 3.8) is 0 Å². The summed E-state index contributed by atoms with van der Waals surface area (Å²) in [6.45, 7) is -0.00343. The molecule has 1 amide bonds. The minimum Gasteiger partial charge on any atom is -0.395 e. The molecule has 1 saturated heterocycles. The fraction of sp³-hybridized carbons (Fsp3) is 0.533. The first kappa shape index (κ1) is 19.9. The number of nitrogens with one attached hydrogen (secondary N) is 2. The summed E-state index contributed by atoms with van der Waals surface area (Å²) in [5.41, 5.74) is 0.738. The Bertz CT molecular complexity index is 782. The molecule has 11 heteroatoms. The molecule has 1 heterocycles. The number of rotatable bonds is 8. The maximum Gasteiger partial charge on any atom is 0.271 e. The lowest BCUT2D eigenvalue weighted by molar-refractivity contribution is -0.384. The lowest BCUT2D eigenvalue weighted by Gasteiger charge is -2.24. The monoisotopic (exact) mass is 386 g/mol. The maximum atomic E-state index is 12.3. The number of nitro benzene ring substituents is 1. The predicted octanol–water partition coefficient (Wildman–Crippen LogP) is 0.0564. The van der Waals surface area contributed by atoms with Gasteiger partial charge in [-0.05, 0) is 12.5 Å². The van der Waals surface area contributed by atoms with Crippen molar-refractivity contribution in [2.45, 2.75) is 12.5 Å².